The van der Waals surface area contributed by atoms with E-state index >= 15 is 8.78 Å². The number of nitrogens with one attached hydrogen (secondary N) is 1. The van der Waals surface area contributed by atoms with Crippen LogP contribution in [-0.4, -0.2) is 60.4 Å². The first-order valence-electron chi connectivity index (χ1n) is 14.6. The molecule has 0 bridgehead atoms. The van der Waals surface area contributed by atoms with Crippen molar-refractivity contribution in [3.8, 4) is 11.1 Å². The first-order valence-corrected chi connectivity index (χ1v) is 14.6. The summed E-state index contributed by atoms with van der Waals surface area (Å²) in [4.78, 5) is 45.2. The minimum absolute atomic E-state index is 0.0383. The Hall–Kier alpha value is -4.85. The molecule has 14 heteroatoms. The monoisotopic (exact) mass is 658 g/mol. The number of carbonyl (C=O) groups is 2. The molecule has 0 radical (unpaired) electrons. The second-order valence-electron chi connectivity index (χ2n) is 11.3. The Labute approximate surface area is 265 Å². The number of benzene rings is 2. The fourth-order valence-corrected chi connectivity index (χ4v) is 5.76. The molecule has 1 N–H and O–H groups in total. The summed E-state index contributed by atoms with van der Waals surface area (Å²) in [5, 5.41) is 2.62. The van der Waals surface area contributed by atoms with Crippen LogP contribution >= 0.6 is 0 Å². The van der Waals surface area contributed by atoms with Gasteiger partial charge in [-0.3, -0.25) is 14.6 Å². The quantitative estimate of drug-likeness (QED) is 0.222. The number of aromatic nitrogens is 2. The number of fused-ring (bicyclic) bond motifs is 1. The highest BCUT2D eigenvalue weighted by atomic mass is 19.4. The van der Waals surface area contributed by atoms with Gasteiger partial charge in [0, 0.05) is 54.6 Å². The molecule has 0 unspecified atom stereocenters. The highest BCUT2D eigenvalue weighted by Gasteiger charge is 2.37. The van der Waals surface area contributed by atoms with E-state index in [9.17, 15) is 27.6 Å². The number of alkyl halides is 3. The number of anilines is 1. The predicted molar refractivity (Wildman–Crippen MR) is 163 cm³/mol. The fraction of sp³-hybridized carbons (Fsp3) is 0.333. The molecule has 3 heterocycles. The third kappa shape index (κ3) is 6.55. The molecule has 0 aliphatic carbocycles. The third-order valence-electron chi connectivity index (χ3n) is 8.27. The molecule has 248 valence electrons. The van der Waals surface area contributed by atoms with Crippen molar-refractivity contribution < 1.29 is 41.0 Å². The number of pyridine rings is 2. The van der Waals surface area contributed by atoms with E-state index in [-0.39, 0.29) is 40.3 Å². The molecule has 2 aromatic heterocycles. The van der Waals surface area contributed by atoms with Gasteiger partial charge in [0.1, 0.15) is 23.2 Å². The van der Waals surface area contributed by atoms with Crippen molar-refractivity contribution in [3.63, 3.8) is 0 Å². The number of aryl methyl sites for hydroxylation is 1. The predicted octanol–water partition coefficient (Wildman–Crippen LogP) is 4.95. The van der Waals surface area contributed by atoms with Gasteiger partial charge < -0.3 is 24.3 Å². The average molecular weight is 659 g/mol. The Balaban J connectivity index is 1.51. The normalized spacial score (nSPS) is 15.9. The average Bonchev–Trinajstić information content (AvgIpc) is 3.02. The highest BCUT2D eigenvalue weighted by Crippen LogP contribution is 2.38. The van der Waals surface area contributed by atoms with Crippen molar-refractivity contribution in [1.29, 1.82) is 0 Å². The highest BCUT2D eigenvalue weighted by molar-refractivity contribution is 5.99. The Bertz CT molecular complexity index is 1900. The van der Waals surface area contributed by atoms with Crippen LogP contribution in [0.3, 0.4) is 0 Å². The number of halogens is 5. The lowest BCUT2D eigenvalue weighted by Gasteiger charge is -2.35. The summed E-state index contributed by atoms with van der Waals surface area (Å²) in [7, 11) is 2.42. The van der Waals surface area contributed by atoms with Gasteiger partial charge in [-0.2, -0.15) is 13.2 Å². The molecule has 1 aliphatic rings. The third-order valence-corrected chi connectivity index (χ3v) is 8.27. The zero-order valence-corrected chi connectivity index (χ0v) is 25.9. The lowest BCUT2D eigenvalue weighted by Crippen LogP contribution is -2.44. The number of nitrogens with zero attached hydrogens (tertiary/aromatic N) is 3. The summed E-state index contributed by atoms with van der Waals surface area (Å²) in [6, 6.07) is 7.08. The largest absolute Gasteiger partial charge is 0.467 e. The van der Waals surface area contributed by atoms with Crippen LogP contribution in [0.25, 0.3) is 22.0 Å². The first kappa shape index (κ1) is 33.5. The van der Waals surface area contributed by atoms with Crippen LogP contribution in [0.2, 0.25) is 0 Å². The SMILES string of the molecule is COC(=O)[C@H](Cc1ccc(-c2c(C(F)(F)F)cc(C)n(C)c2=O)c2ncccc12)NC(=O)c1c(F)cc(N2CCOC[C@@H]2C)cc1F. The van der Waals surface area contributed by atoms with Gasteiger partial charge in [-0.05, 0) is 43.7 Å². The number of morpholine rings is 1. The fourth-order valence-electron chi connectivity index (χ4n) is 5.76. The van der Waals surface area contributed by atoms with E-state index in [1.54, 1.807) is 4.90 Å². The summed E-state index contributed by atoms with van der Waals surface area (Å²) in [6.45, 7) is 4.35. The van der Waals surface area contributed by atoms with Crippen LogP contribution in [0.1, 0.15) is 34.1 Å². The van der Waals surface area contributed by atoms with Crippen molar-refractivity contribution in [2.75, 3.05) is 31.8 Å². The molecule has 1 fully saturated rings. The van der Waals surface area contributed by atoms with E-state index in [0.717, 1.165) is 29.9 Å². The summed E-state index contributed by atoms with van der Waals surface area (Å²) < 4.78 is 84.2. The second kappa shape index (κ2) is 13.1. The van der Waals surface area contributed by atoms with Crippen LogP contribution < -0.4 is 15.8 Å². The van der Waals surface area contributed by atoms with Crippen molar-refractivity contribution in [1.82, 2.24) is 14.9 Å². The Kier molecular flexibility index (Phi) is 9.34. The van der Waals surface area contributed by atoms with Crippen LogP contribution in [0.4, 0.5) is 27.6 Å². The molecule has 5 rings (SSSR count). The van der Waals surface area contributed by atoms with Crippen molar-refractivity contribution in [2.45, 2.75) is 38.5 Å². The van der Waals surface area contributed by atoms with Crippen LogP contribution in [0.15, 0.2) is 53.5 Å². The van der Waals surface area contributed by atoms with E-state index in [4.69, 9.17) is 9.47 Å². The zero-order chi connectivity index (χ0) is 34.2. The van der Waals surface area contributed by atoms with Crippen molar-refractivity contribution in [3.05, 3.63) is 93.0 Å². The van der Waals surface area contributed by atoms with Gasteiger partial charge in [0.15, 0.2) is 0 Å². The lowest BCUT2D eigenvalue weighted by molar-refractivity contribution is -0.143. The maximum Gasteiger partial charge on any atom is 0.417 e. The summed E-state index contributed by atoms with van der Waals surface area (Å²) >= 11 is 0. The van der Waals surface area contributed by atoms with E-state index in [2.05, 4.69) is 10.3 Å². The van der Waals surface area contributed by atoms with Crippen LogP contribution in [-0.2, 0) is 33.9 Å². The molecule has 0 saturated carbocycles. The van der Waals surface area contributed by atoms with Gasteiger partial charge >= 0.3 is 12.1 Å². The van der Waals surface area contributed by atoms with Gasteiger partial charge in [-0.1, -0.05) is 18.2 Å². The van der Waals surface area contributed by atoms with Crippen molar-refractivity contribution >= 4 is 28.5 Å². The van der Waals surface area contributed by atoms with Gasteiger partial charge in [-0.15, -0.1) is 0 Å². The molecular weight excluding hydrogens is 627 g/mol. The standard InChI is InChI=1S/C33H31F5N4O5/c1-17-12-23(33(36,37)38)27(31(44)41(17)3)22-8-7-19(21-6-5-9-39-29(21)22)13-26(32(45)46-4)40-30(43)28-24(34)14-20(15-25(28)35)42-10-11-47-16-18(42)2/h5-9,12,14-15,18,26H,10-11,13,16H2,1-4H3,(H,40,43)/t18-,26-/m0/s1. The van der Waals surface area contributed by atoms with E-state index < -0.39 is 58.0 Å². The van der Waals surface area contributed by atoms with E-state index in [1.807, 2.05) is 6.92 Å². The number of hydrogen-bond acceptors (Lipinski definition) is 7. The van der Waals surface area contributed by atoms with E-state index in [1.165, 1.54) is 44.4 Å². The van der Waals surface area contributed by atoms with Gasteiger partial charge in [0.05, 0.1) is 37.0 Å². The number of esters is 1. The second-order valence-corrected chi connectivity index (χ2v) is 11.3. The number of hydrogen-bond donors (Lipinski definition) is 1. The maximum atomic E-state index is 15.2. The number of methoxy groups -OCH3 is 1. The van der Waals surface area contributed by atoms with Gasteiger partial charge in [0.25, 0.3) is 11.5 Å². The maximum absolute atomic E-state index is 15.2. The topological polar surface area (TPSA) is 103 Å². The first-order chi connectivity index (χ1) is 22.2. The van der Waals surface area contributed by atoms with Crippen LogP contribution in [0.5, 0.6) is 0 Å². The molecule has 1 saturated heterocycles. The molecular formula is C33H31F5N4O5. The molecule has 2 aromatic carbocycles. The number of carbonyl (C=O) groups excluding carboxylic acids is 2. The van der Waals surface area contributed by atoms with Gasteiger partial charge in [0.2, 0.25) is 0 Å². The Morgan fingerprint density at radius 3 is 2.49 bits per heavy atom. The molecule has 0 spiro atoms. The Morgan fingerprint density at radius 2 is 1.85 bits per heavy atom. The molecule has 1 aliphatic heterocycles. The smallest absolute Gasteiger partial charge is 0.417 e. The number of ether oxygens (including phenoxy) is 2. The number of rotatable bonds is 7. The molecule has 4 aromatic rings. The summed E-state index contributed by atoms with van der Waals surface area (Å²) in [6.07, 6.45) is -3.80. The molecule has 9 nitrogen and oxygen atoms in total. The summed E-state index contributed by atoms with van der Waals surface area (Å²) in [5.74, 6) is -4.43. The molecule has 1 amide bonds. The minimum atomic E-state index is -4.85. The zero-order valence-electron chi connectivity index (χ0n) is 25.9. The lowest BCUT2D eigenvalue weighted by atomic mass is 9.93. The number of amides is 1. The van der Waals surface area contributed by atoms with Gasteiger partial charge in [-0.25, -0.2) is 13.6 Å². The van der Waals surface area contributed by atoms with Crippen LogP contribution in [0, 0.1) is 18.6 Å². The summed E-state index contributed by atoms with van der Waals surface area (Å²) in [5.41, 5.74) is -2.89. The van der Waals surface area contributed by atoms with E-state index in [0.29, 0.717) is 25.3 Å². The molecule has 47 heavy (non-hydrogen) atoms. The minimum Gasteiger partial charge on any atom is -0.467 e. The molecule has 2 atom stereocenters. The Morgan fingerprint density at radius 1 is 1.15 bits per heavy atom. The van der Waals surface area contributed by atoms with Crippen molar-refractivity contribution in [2.24, 2.45) is 7.05 Å².